The maximum atomic E-state index is 5.91. The lowest BCUT2D eigenvalue weighted by molar-refractivity contribution is 0.316. The Bertz CT molecular complexity index is 588. The molecule has 0 heterocycles. The minimum Gasteiger partial charge on any atom is -0.496 e. The molecule has 0 fully saturated rings. The largest absolute Gasteiger partial charge is 0.496 e. The Morgan fingerprint density at radius 2 is 1.70 bits per heavy atom. The van der Waals surface area contributed by atoms with E-state index in [0.29, 0.717) is 6.61 Å². The van der Waals surface area contributed by atoms with Gasteiger partial charge in [0.1, 0.15) is 11.5 Å². The van der Waals surface area contributed by atoms with Crippen LogP contribution < -0.4 is 9.47 Å². The molecular weight excluding hydrogens is 248 g/mol. The molecule has 0 aliphatic carbocycles. The highest BCUT2D eigenvalue weighted by Gasteiger charge is 2.16. The minimum absolute atomic E-state index is 0.713. The number of ether oxygens (including phenoxy) is 2. The van der Waals surface area contributed by atoms with Gasteiger partial charge in [0.2, 0.25) is 0 Å². The number of benzene rings is 2. The van der Waals surface area contributed by atoms with Gasteiger partial charge >= 0.3 is 0 Å². The summed E-state index contributed by atoms with van der Waals surface area (Å²) in [5.41, 5.74) is 4.56. The lowest BCUT2D eigenvalue weighted by atomic mass is 9.97. The summed E-state index contributed by atoms with van der Waals surface area (Å²) in [6.07, 6.45) is 0.989. The Morgan fingerprint density at radius 3 is 2.35 bits per heavy atom. The van der Waals surface area contributed by atoms with Gasteiger partial charge < -0.3 is 9.47 Å². The Kier molecular flexibility index (Phi) is 4.67. The normalized spacial score (nSPS) is 10.4. The van der Waals surface area contributed by atoms with Gasteiger partial charge in [-0.1, -0.05) is 37.3 Å². The number of hydrogen-bond acceptors (Lipinski definition) is 2. The summed E-state index contributed by atoms with van der Waals surface area (Å²) in [5, 5.41) is 0. The first-order chi connectivity index (χ1) is 9.69. The van der Waals surface area contributed by atoms with Crippen molar-refractivity contribution in [3.05, 3.63) is 47.5 Å². The molecule has 0 aliphatic heterocycles. The highest BCUT2D eigenvalue weighted by atomic mass is 16.5. The standard InChI is InChI=1S/C18H22O2/c1-5-12-20-16-11-10-14(3)18(19-4)17(16)15-9-7-6-8-13(15)2/h6-11H,5,12H2,1-4H3. The van der Waals surface area contributed by atoms with Crippen molar-refractivity contribution in [2.24, 2.45) is 0 Å². The second kappa shape index (κ2) is 6.47. The zero-order valence-corrected chi connectivity index (χ0v) is 12.7. The van der Waals surface area contributed by atoms with Crippen LogP contribution >= 0.6 is 0 Å². The topological polar surface area (TPSA) is 18.5 Å². The van der Waals surface area contributed by atoms with Crippen molar-refractivity contribution in [2.45, 2.75) is 27.2 Å². The number of methoxy groups -OCH3 is 1. The molecule has 0 bridgehead atoms. The van der Waals surface area contributed by atoms with E-state index in [2.05, 4.69) is 32.9 Å². The third kappa shape index (κ3) is 2.79. The predicted octanol–water partition coefficient (Wildman–Crippen LogP) is 4.77. The fourth-order valence-corrected chi connectivity index (χ4v) is 2.37. The van der Waals surface area contributed by atoms with Crippen LogP contribution in [0.1, 0.15) is 24.5 Å². The lowest BCUT2D eigenvalue weighted by Crippen LogP contribution is -2.00. The third-order valence-electron chi connectivity index (χ3n) is 3.40. The van der Waals surface area contributed by atoms with Crippen LogP contribution in [-0.4, -0.2) is 13.7 Å². The van der Waals surface area contributed by atoms with Crippen LogP contribution in [0.4, 0.5) is 0 Å². The molecule has 0 unspecified atom stereocenters. The molecule has 2 rings (SSSR count). The quantitative estimate of drug-likeness (QED) is 0.779. The molecule has 0 atom stereocenters. The summed E-state index contributed by atoms with van der Waals surface area (Å²) in [7, 11) is 1.72. The van der Waals surface area contributed by atoms with Gasteiger partial charge in [-0.3, -0.25) is 0 Å². The van der Waals surface area contributed by atoms with Crippen LogP contribution in [-0.2, 0) is 0 Å². The third-order valence-corrected chi connectivity index (χ3v) is 3.40. The van der Waals surface area contributed by atoms with Gasteiger partial charge in [-0.25, -0.2) is 0 Å². The highest BCUT2D eigenvalue weighted by Crippen LogP contribution is 2.41. The molecular formula is C18H22O2. The van der Waals surface area contributed by atoms with E-state index in [-0.39, 0.29) is 0 Å². The van der Waals surface area contributed by atoms with Gasteiger partial charge in [-0.2, -0.15) is 0 Å². The van der Waals surface area contributed by atoms with Crippen LogP contribution in [0, 0.1) is 13.8 Å². The lowest BCUT2D eigenvalue weighted by Gasteiger charge is -2.18. The Morgan fingerprint density at radius 1 is 0.950 bits per heavy atom. The van der Waals surface area contributed by atoms with E-state index in [0.717, 1.165) is 29.0 Å². The molecule has 2 heteroatoms. The Hall–Kier alpha value is -1.96. The molecule has 0 N–H and O–H groups in total. The molecule has 0 amide bonds. The monoisotopic (exact) mass is 270 g/mol. The van der Waals surface area contributed by atoms with Gasteiger partial charge in [0.05, 0.1) is 19.3 Å². The molecule has 2 aromatic carbocycles. The average molecular weight is 270 g/mol. The Labute approximate surface area is 121 Å². The molecule has 0 spiro atoms. The second-order valence-electron chi connectivity index (χ2n) is 4.95. The number of aryl methyl sites for hydroxylation is 2. The van der Waals surface area contributed by atoms with E-state index in [1.54, 1.807) is 7.11 Å². The van der Waals surface area contributed by atoms with E-state index in [9.17, 15) is 0 Å². The molecule has 20 heavy (non-hydrogen) atoms. The molecule has 0 saturated carbocycles. The zero-order valence-electron chi connectivity index (χ0n) is 12.7. The summed E-state index contributed by atoms with van der Waals surface area (Å²) < 4.78 is 11.5. The van der Waals surface area contributed by atoms with Crippen LogP contribution in [0.3, 0.4) is 0 Å². The van der Waals surface area contributed by atoms with E-state index >= 15 is 0 Å². The second-order valence-corrected chi connectivity index (χ2v) is 4.95. The zero-order chi connectivity index (χ0) is 14.5. The summed E-state index contributed by atoms with van der Waals surface area (Å²) in [6.45, 7) is 6.99. The van der Waals surface area contributed by atoms with Crippen LogP contribution in [0.5, 0.6) is 11.5 Å². The smallest absolute Gasteiger partial charge is 0.133 e. The molecule has 0 aromatic heterocycles. The maximum absolute atomic E-state index is 5.91. The molecule has 2 nitrogen and oxygen atoms in total. The highest BCUT2D eigenvalue weighted by molar-refractivity contribution is 5.80. The summed E-state index contributed by atoms with van der Waals surface area (Å²) in [5.74, 6) is 1.79. The SMILES string of the molecule is CCCOc1ccc(C)c(OC)c1-c1ccccc1C. The van der Waals surface area contributed by atoms with Gasteiger partial charge in [0.15, 0.2) is 0 Å². The summed E-state index contributed by atoms with van der Waals surface area (Å²) in [4.78, 5) is 0. The van der Waals surface area contributed by atoms with E-state index in [4.69, 9.17) is 9.47 Å². The predicted molar refractivity (Wildman–Crippen MR) is 83.7 cm³/mol. The van der Waals surface area contributed by atoms with Crippen molar-refractivity contribution in [1.82, 2.24) is 0 Å². The van der Waals surface area contributed by atoms with Crippen LogP contribution in [0.15, 0.2) is 36.4 Å². The number of rotatable bonds is 5. The molecule has 106 valence electrons. The van der Waals surface area contributed by atoms with E-state index < -0.39 is 0 Å². The average Bonchev–Trinajstić information content (AvgIpc) is 2.46. The molecule has 0 saturated heterocycles. The van der Waals surface area contributed by atoms with Crippen molar-refractivity contribution in [1.29, 1.82) is 0 Å². The number of hydrogen-bond donors (Lipinski definition) is 0. The van der Waals surface area contributed by atoms with Gasteiger partial charge in [0, 0.05) is 0 Å². The van der Waals surface area contributed by atoms with E-state index in [1.165, 1.54) is 11.1 Å². The summed E-state index contributed by atoms with van der Waals surface area (Å²) >= 11 is 0. The van der Waals surface area contributed by atoms with Crippen molar-refractivity contribution in [3.63, 3.8) is 0 Å². The van der Waals surface area contributed by atoms with Crippen LogP contribution in [0.2, 0.25) is 0 Å². The minimum atomic E-state index is 0.713. The summed E-state index contributed by atoms with van der Waals surface area (Å²) in [6, 6.07) is 12.4. The Balaban J connectivity index is 2.64. The molecule has 0 aliphatic rings. The van der Waals surface area contributed by atoms with Gasteiger partial charge in [0.25, 0.3) is 0 Å². The van der Waals surface area contributed by atoms with E-state index in [1.807, 2.05) is 24.3 Å². The van der Waals surface area contributed by atoms with Gasteiger partial charge in [-0.05, 0) is 43.0 Å². The molecule has 0 radical (unpaired) electrons. The van der Waals surface area contributed by atoms with Crippen LogP contribution in [0.25, 0.3) is 11.1 Å². The first-order valence-electron chi connectivity index (χ1n) is 7.05. The van der Waals surface area contributed by atoms with Crippen molar-refractivity contribution in [2.75, 3.05) is 13.7 Å². The fraction of sp³-hybridized carbons (Fsp3) is 0.333. The van der Waals surface area contributed by atoms with Crippen molar-refractivity contribution < 1.29 is 9.47 Å². The first kappa shape index (κ1) is 14.4. The molecule has 2 aromatic rings. The fourth-order valence-electron chi connectivity index (χ4n) is 2.37. The first-order valence-corrected chi connectivity index (χ1v) is 7.05. The van der Waals surface area contributed by atoms with Crippen molar-refractivity contribution >= 4 is 0 Å². The van der Waals surface area contributed by atoms with Gasteiger partial charge in [-0.15, -0.1) is 0 Å². The maximum Gasteiger partial charge on any atom is 0.133 e. The van der Waals surface area contributed by atoms with Crippen molar-refractivity contribution in [3.8, 4) is 22.6 Å².